The third-order valence-corrected chi connectivity index (χ3v) is 4.39. The van der Waals surface area contributed by atoms with E-state index in [0.717, 1.165) is 12.1 Å². The Balaban J connectivity index is 2.46. The van der Waals surface area contributed by atoms with Crippen molar-refractivity contribution in [1.82, 2.24) is 0 Å². The van der Waals surface area contributed by atoms with Crippen molar-refractivity contribution in [1.29, 1.82) is 0 Å². The van der Waals surface area contributed by atoms with Gasteiger partial charge in [-0.05, 0) is 49.2 Å². The van der Waals surface area contributed by atoms with Crippen LogP contribution in [-0.4, -0.2) is 25.5 Å². The maximum absolute atomic E-state index is 14.1. The molecule has 0 fully saturated rings. The molecule has 2 aromatic carbocycles. The van der Waals surface area contributed by atoms with Gasteiger partial charge in [0, 0.05) is 17.4 Å². The summed E-state index contributed by atoms with van der Waals surface area (Å²) in [6.07, 6.45) is -0.119. The van der Waals surface area contributed by atoms with Crippen LogP contribution in [0.15, 0.2) is 36.4 Å². The normalized spacial score (nSPS) is 11.7. The summed E-state index contributed by atoms with van der Waals surface area (Å²) in [4.78, 5) is 24.7. The summed E-state index contributed by atoms with van der Waals surface area (Å²) in [6.45, 7) is 1.85. The quantitative estimate of drug-likeness (QED) is 0.468. The minimum atomic E-state index is -1.04. The molecule has 7 heteroatoms. The van der Waals surface area contributed by atoms with Gasteiger partial charge in [0.1, 0.15) is 17.4 Å². The van der Waals surface area contributed by atoms with Gasteiger partial charge in [-0.1, -0.05) is 17.7 Å². The number of ether oxygens (including phenoxy) is 2. The summed E-state index contributed by atoms with van der Waals surface area (Å²) in [5, 5.41) is 0.231. The molecule has 2 aromatic rings. The molecule has 27 heavy (non-hydrogen) atoms. The Morgan fingerprint density at radius 3 is 2.41 bits per heavy atom. The van der Waals surface area contributed by atoms with E-state index < -0.39 is 34.9 Å². The van der Waals surface area contributed by atoms with Gasteiger partial charge in [0.2, 0.25) is 0 Å². The highest BCUT2D eigenvalue weighted by molar-refractivity contribution is 6.31. The average molecular weight is 397 g/mol. The number of Topliss-reactive ketones (excluding diaryl/α,β-unsaturated/α-hetero) is 1. The van der Waals surface area contributed by atoms with E-state index in [1.807, 2.05) is 0 Å². The Morgan fingerprint density at radius 2 is 1.81 bits per heavy atom. The van der Waals surface area contributed by atoms with Crippen molar-refractivity contribution in [3.05, 3.63) is 64.2 Å². The number of methoxy groups -OCH3 is 1. The average Bonchev–Trinajstić information content (AvgIpc) is 2.63. The number of carbonyl (C=O) groups is 2. The Hall–Kier alpha value is -2.47. The zero-order chi connectivity index (χ0) is 20.0. The van der Waals surface area contributed by atoms with Crippen LogP contribution in [-0.2, 0) is 9.53 Å². The Bertz CT molecular complexity index is 818. The number of halogens is 3. The fraction of sp³-hybridized carbons (Fsp3) is 0.300. The minimum absolute atomic E-state index is 0.0155. The third-order valence-electron chi connectivity index (χ3n) is 4.05. The fourth-order valence-electron chi connectivity index (χ4n) is 2.75. The summed E-state index contributed by atoms with van der Waals surface area (Å²) in [5.74, 6) is -3.87. The van der Waals surface area contributed by atoms with Gasteiger partial charge in [-0.3, -0.25) is 9.59 Å². The van der Waals surface area contributed by atoms with Gasteiger partial charge in [0.25, 0.3) is 0 Å². The largest absolute Gasteiger partial charge is 0.497 e. The SMILES string of the molecule is CCOC(=O)CCC(C(=O)c1c(F)cccc1F)c1cc(OC)ccc1Cl. The smallest absolute Gasteiger partial charge is 0.305 e. The van der Waals surface area contributed by atoms with Crippen molar-refractivity contribution in [3.8, 4) is 5.75 Å². The van der Waals surface area contributed by atoms with E-state index in [1.165, 1.54) is 25.3 Å². The zero-order valence-electron chi connectivity index (χ0n) is 14.9. The molecule has 0 heterocycles. The molecule has 0 aromatic heterocycles. The van der Waals surface area contributed by atoms with Crippen LogP contribution < -0.4 is 4.74 Å². The van der Waals surface area contributed by atoms with E-state index in [9.17, 15) is 18.4 Å². The van der Waals surface area contributed by atoms with Crippen LogP contribution in [0.3, 0.4) is 0 Å². The molecule has 0 aliphatic rings. The lowest BCUT2D eigenvalue weighted by molar-refractivity contribution is -0.143. The highest BCUT2D eigenvalue weighted by Crippen LogP contribution is 2.35. The predicted molar refractivity (Wildman–Crippen MR) is 97.3 cm³/mol. The van der Waals surface area contributed by atoms with Gasteiger partial charge in [-0.25, -0.2) is 8.78 Å². The van der Waals surface area contributed by atoms with Crippen LogP contribution in [0.2, 0.25) is 5.02 Å². The molecule has 0 spiro atoms. The number of carbonyl (C=O) groups excluding carboxylic acids is 2. The second-order valence-electron chi connectivity index (χ2n) is 5.74. The first-order chi connectivity index (χ1) is 12.9. The zero-order valence-corrected chi connectivity index (χ0v) is 15.7. The molecule has 0 amide bonds. The van der Waals surface area contributed by atoms with Crippen molar-refractivity contribution in [2.45, 2.75) is 25.7 Å². The second kappa shape index (κ2) is 9.46. The Labute approximate surface area is 161 Å². The number of esters is 1. The highest BCUT2D eigenvalue weighted by atomic mass is 35.5. The first-order valence-electron chi connectivity index (χ1n) is 8.36. The van der Waals surface area contributed by atoms with Crippen LogP contribution >= 0.6 is 11.6 Å². The minimum Gasteiger partial charge on any atom is -0.497 e. The maximum Gasteiger partial charge on any atom is 0.305 e. The molecule has 0 bridgehead atoms. The molecule has 0 saturated carbocycles. The molecule has 1 unspecified atom stereocenters. The van der Waals surface area contributed by atoms with Crippen molar-refractivity contribution in [3.63, 3.8) is 0 Å². The molecule has 0 saturated heterocycles. The molecule has 0 radical (unpaired) electrons. The van der Waals surface area contributed by atoms with Crippen LogP contribution in [0.4, 0.5) is 8.78 Å². The van der Waals surface area contributed by atoms with E-state index in [-0.39, 0.29) is 24.5 Å². The second-order valence-corrected chi connectivity index (χ2v) is 6.15. The molecule has 0 N–H and O–H groups in total. The lowest BCUT2D eigenvalue weighted by Crippen LogP contribution is -2.18. The van der Waals surface area contributed by atoms with Crippen LogP contribution in [0.1, 0.15) is 41.6 Å². The van der Waals surface area contributed by atoms with E-state index >= 15 is 0 Å². The van der Waals surface area contributed by atoms with Gasteiger partial charge in [0.05, 0.1) is 19.3 Å². The number of benzene rings is 2. The first kappa shape index (κ1) is 20.8. The molecule has 2 rings (SSSR count). The number of rotatable bonds is 8. The summed E-state index contributed by atoms with van der Waals surface area (Å²) in [6, 6.07) is 7.83. The Morgan fingerprint density at radius 1 is 1.15 bits per heavy atom. The van der Waals surface area contributed by atoms with Crippen molar-refractivity contribution >= 4 is 23.4 Å². The molecule has 4 nitrogen and oxygen atoms in total. The standard InChI is InChI=1S/C20H19ClF2O4/c1-3-27-18(24)10-8-13(14-11-12(26-2)7-9-15(14)21)20(25)19-16(22)5-4-6-17(19)23/h4-7,9,11,13H,3,8,10H2,1-2H3. The van der Waals surface area contributed by atoms with E-state index in [2.05, 4.69) is 0 Å². The number of hydrogen-bond donors (Lipinski definition) is 0. The molecule has 1 atom stereocenters. The fourth-order valence-corrected chi connectivity index (χ4v) is 3.00. The lowest BCUT2D eigenvalue weighted by Gasteiger charge is -2.19. The van der Waals surface area contributed by atoms with Gasteiger partial charge in [-0.2, -0.15) is 0 Å². The highest BCUT2D eigenvalue weighted by Gasteiger charge is 2.29. The van der Waals surface area contributed by atoms with Crippen LogP contribution in [0.25, 0.3) is 0 Å². The van der Waals surface area contributed by atoms with Crippen molar-refractivity contribution in [2.75, 3.05) is 13.7 Å². The van der Waals surface area contributed by atoms with E-state index in [1.54, 1.807) is 13.0 Å². The van der Waals surface area contributed by atoms with Crippen LogP contribution in [0.5, 0.6) is 5.75 Å². The summed E-state index contributed by atoms with van der Waals surface area (Å²) >= 11 is 6.22. The van der Waals surface area contributed by atoms with Gasteiger partial charge in [0.15, 0.2) is 5.78 Å². The third kappa shape index (κ3) is 5.04. The predicted octanol–water partition coefficient (Wildman–Crippen LogP) is 4.94. The summed E-state index contributed by atoms with van der Waals surface area (Å²) < 4.78 is 38.3. The topological polar surface area (TPSA) is 52.6 Å². The van der Waals surface area contributed by atoms with Crippen LogP contribution in [0, 0.1) is 11.6 Å². The molecule has 0 aliphatic carbocycles. The summed E-state index contributed by atoms with van der Waals surface area (Å²) in [7, 11) is 1.44. The van der Waals surface area contributed by atoms with Crippen molar-refractivity contribution in [2.24, 2.45) is 0 Å². The maximum atomic E-state index is 14.1. The first-order valence-corrected chi connectivity index (χ1v) is 8.74. The molecule has 144 valence electrons. The van der Waals surface area contributed by atoms with Gasteiger partial charge >= 0.3 is 5.97 Å². The van der Waals surface area contributed by atoms with Gasteiger partial charge < -0.3 is 9.47 Å². The number of ketones is 1. The van der Waals surface area contributed by atoms with Crippen molar-refractivity contribution < 1.29 is 27.8 Å². The molecular weight excluding hydrogens is 378 g/mol. The van der Waals surface area contributed by atoms with Gasteiger partial charge in [-0.15, -0.1) is 0 Å². The van der Waals surface area contributed by atoms with E-state index in [4.69, 9.17) is 21.1 Å². The lowest BCUT2D eigenvalue weighted by atomic mass is 9.86. The monoisotopic (exact) mass is 396 g/mol. The Kier molecular flexibility index (Phi) is 7.30. The molecular formula is C20H19ClF2O4. The molecule has 0 aliphatic heterocycles. The van der Waals surface area contributed by atoms with E-state index in [0.29, 0.717) is 11.3 Å². The summed E-state index contributed by atoms with van der Waals surface area (Å²) in [5.41, 5.74) is -0.335. The number of hydrogen-bond acceptors (Lipinski definition) is 4.